The molecule has 9 N–H and O–H groups in total. The fourth-order valence-electron chi connectivity index (χ4n) is 6.06. The minimum Gasteiger partial charge on any atom is -0.397 e. The Morgan fingerprint density at radius 3 is 2.10 bits per heavy atom. The fourth-order valence-corrected chi connectivity index (χ4v) is 6.06. The Kier molecular flexibility index (Phi) is 9.68. The van der Waals surface area contributed by atoms with E-state index < -0.39 is 22.9 Å². The molecule has 4 heterocycles. The summed E-state index contributed by atoms with van der Waals surface area (Å²) in [4.78, 5) is 66.4. The predicted molar refractivity (Wildman–Crippen MR) is 194 cm³/mol. The fraction of sp³-hybridized carbons (Fsp3) is 0.189. The summed E-state index contributed by atoms with van der Waals surface area (Å²) in [5, 5.41) is 16.3. The molecular weight excluding hydrogens is 636 g/mol. The Balaban J connectivity index is 1.27. The number of carbonyl (C=O) groups is 2. The lowest BCUT2D eigenvalue weighted by Gasteiger charge is -2.15. The van der Waals surface area contributed by atoms with Gasteiger partial charge in [0.2, 0.25) is 0 Å². The van der Waals surface area contributed by atoms with Crippen LogP contribution in [0.25, 0.3) is 44.1 Å². The summed E-state index contributed by atoms with van der Waals surface area (Å²) in [5.74, 6) is -1.16. The van der Waals surface area contributed by atoms with Crippen LogP contribution in [0.15, 0.2) is 82.8 Å². The van der Waals surface area contributed by atoms with Gasteiger partial charge in [0.15, 0.2) is 0 Å². The molecule has 0 bridgehead atoms. The van der Waals surface area contributed by atoms with E-state index in [4.69, 9.17) is 11.5 Å². The number of hydrogen-bond acceptors (Lipinski definition) is 9. The van der Waals surface area contributed by atoms with Crippen LogP contribution < -0.4 is 33.2 Å². The molecule has 13 nitrogen and oxygen atoms in total. The van der Waals surface area contributed by atoms with Crippen LogP contribution in [0.3, 0.4) is 0 Å². The Morgan fingerprint density at radius 2 is 1.42 bits per heavy atom. The first-order valence-corrected chi connectivity index (χ1v) is 16.2. The minimum atomic E-state index is -0.617. The molecule has 6 rings (SSSR count). The van der Waals surface area contributed by atoms with Gasteiger partial charge in [0.25, 0.3) is 22.9 Å². The second kappa shape index (κ2) is 14.4. The van der Waals surface area contributed by atoms with Crippen LogP contribution in [-0.2, 0) is 13.0 Å². The molecule has 254 valence electrons. The highest BCUT2D eigenvalue weighted by Crippen LogP contribution is 2.33. The van der Waals surface area contributed by atoms with Crippen molar-refractivity contribution in [2.24, 2.45) is 0 Å². The molecule has 2 aromatic carbocycles. The molecule has 0 aliphatic heterocycles. The highest BCUT2D eigenvalue weighted by atomic mass is 16.3. The molecule has 2 amide bonds. The van der Waals surface area contributed by atoms with E-state index in [1.807, 2.05) is 43.3 Å². The minimum absolute atomic E-state index is 0.0447. The number of nitrogen functional groups attached to an aromatic ring is 2. The number of amides is 2. The van der Waals surface area contributed by atoms with Gasteiger partial charge in [-0.1, -0.05) is 25.1 Å². The van der Waals surface area contributed by atoms with E-state index >= 15 is 0 Å². The van der Waals surface area contributed by atoms with Crippen LogP contribution in [0.2, 0.25) is 0 Å². The number of hydrogen-bond donors (Lipinski definition) is 7. The molecule has 0 fully saturated rings. The standard InChI is InChI=1S/C37H36N8O5/c1-2-11-42-34(47)29-31(39)27-17-20(16-26(33(27)45-37(29)50)22-10-15-41-23(18-22)19-46)5-4-12-43-35(48)28-30(38)25-7-3-6-24(32(25)44-36(28)49)21-8-13-40-14-9-21/h3,6-10,13-18,46H,2,4-5,11-12,19H2,1H3,(H,42,47)(H,43,48)(H3,38,44,49)(H3,39,45,50). The van der Waals surface area contributed by atoms with Gasteiger partial charge in [-0.05, 0) is 72.4 Å². The van der Waals surface area contributed by atoms with Crippen molar-refractivity contribution in [2.75, 3.05) is 24.6 Å². The van der Waals surface area contributed by atoms with Gasteiger partial charge >= 0.3 is 0 Å². The van der Waals surface area contributed by atoms with Crippen molar-refractivity contribution in [1.82, 2.24) is 30.6 Å². The van der Waals surface area contributed by atoms with Crippen LogP contribution in [0.1, 0.15) is 51.7 Å². The van der Waals surface area contributed by atoms with Gasteiger partial charge in [-0.25, -0.2) is 0 Å². The monoisotopic (exact) mass is 672 g/mol. The summed E-state index contributed by atoms with van der Waals surface area (Å²) < 4.78 is 0. The highest BCUT2D eigenvalue weighted by Gasteiger charge is 2.21. The zero-order valence-electron chi connectivity index (χ0n) is 27.3. The quantitative estimate of drug-likeness (QED) is 0.0997. The zero-order valence-corrected chi connectivity index (χ0v) is 27.3. The second-order valence-corrected chi connectivity index (χ2v) is 11.8. The van der Waals surface area contributed by atoms with Crippen LogP contribution >= 0.6 is 0 Å². The number of fused-ring (bicyclic) bond motifs is 2. The van der Waals surface area contributed by atoms with Gasteiger partial charge in [0.1, 0.15) is 11.1 Å². The van der Waals surface area contributed by atoms with Crippen LogP contribution in [0, 0.1) is 0 Å². The van der Waals surface area contributed by atoms with Crippen molar-refractivity contribution in [3.63, 3.8) is 0 Å². The lowest BCUT2D eigenvalue weighted by Crippen LogP contribution is -2.32. The Hall–Kier alpha value is -6.34. The second-order valence-electron chi connectivity index (χ2n) is 11.8. The van der Waals surface area contributed by atoms with Crippen molar-refractivity contribution in [3.05, 3.63) is 116 Å². The number of aromatic nitrogens is 4. The number of pyridine rings is 4. The summed E-state index contributed by atoms with van der Waals surface area (Å²) >= 11 is 0. The number of rotatable bonds is 11. The highest BCUT2D eigenvalue weighted by molar-refractivity contribution is 6.10. The molecule has 0 unspecified atom stereocenters. The van der Waals surface area contributed by atoms with Crippen molar-refractivity contribution in [1.29, 1.82) is 0 Å². The summed E-state index contributed by atoms with van der Waals surface area (Å²) in [7, 11) is 0. The van der Waals surface area contributed by atoms with E-state index in [0.717, 1.165) is 16.7 Å². The topological polar surface area (TPSA) is 222 Å². The number of anilines is 2. The smallest absolute Gasteiger partial charge is 0.263 e. The molecule has 13 heteroatoms. The number of carbonyl (C=O) groups excluding carboxylic acids is 2. The SMILES string of the molecule is CCCNC(=O)c1c(N)c2cc(CCCNC(=O)c3c(N)c4cccc(-c5ccncc5)c4[nH]c3=O)cc(-c3ccnc(CO)c3)c2[nH]c1=O. The number of nitrogens with zero attached hydrogens (tertiary/aromatic N) is 2. The van der Waals surface area contributed by atoms with Crippen molar-refractivity contribution in [3.8, 4) is 22.3 Å². The number of benzene rings is 2. The molecule has 50 heavy (non-hydrogen) atoms. The van der Waals surface area contributed by atoms with E-state index in [1.165, 1.54) is 0 Å². The van der Waals surface area contributed by atoms with Gasteiger partial charge < -0.3 is 37.2 Å². The third-order valence-electron chi connectivity index (χ3n) is 8.51. The third kappa shape index (κ3) is 6.54. The molecule has 0 radical (unpaired) electrons. The predicted octanol–water partition coefficient (Wildman–Crippen LogP) is 3.65. The first-order chi connectivity index (χ1) is 24.2. The Bertz CT molecular complexity index is 2370. The maximum absolute atomic E-state index is 13.3. The molecule has 6 aromatic rings. The number of aliphatic hydroxyl groups excluding tert-OH is 1. The first-order valence-electron chi connectivity index (χ1n) is 16.2. The molecule has 0 saturated carbocycles. The number of aromatic amines is 2. The van der Waals surface area contributed by atoms with E-state index in [0.29, 0.717) is 64.4 Å². The van der Waals surface area contributed by atoms with Gasteiger partial charge in [0, 0.05) is 53.6 Å². The van der Waals surface area contributed by atoms with Gasteiger partial charge in [-0.3, -0.25) is 29.1 Å². The average molecular weight is 673 g/mol. The maximum Gasteiger partial charge on any atom is 0.263 e. The number of nitrogens with one attached hydrogen (secondary N) is 4. The molecular formula is C37H36N8O5. The molecule has 0 aliphatic carbocycles. The normalized spacial score (nSPS) is 11.2. The summed E-state index contributed by atoms with van der Waals surface area (Å²) in [5.41, 5.74) is 16.6. The van der Waals surface area contributed by atoms with E-state index in [-0.39, 0.29) is 35.7 Å². The number of H-pyrrole nitrogens is 2. The lowest BCUT2D eigenvalue weighted by molar-refractivity contribution is 0.0944. The van der Waals surface area contributed by atoms with Crippen molar-refractivity contribution >= 4 is 45.0 Å². The van der Waals surface area contributed by atoms with Crippen LogP contribution in [0.5, 0.6) is 0 Å². The van der Waals surface area contributed by atoms with Gasteiger partial charge in [0.05, 0.1) is 34.7 Å². The largest absolute Gasteiger partial charge is 0.397 e. The van der Waals surface area contributed by atoms with Crippen molar-refractivity contribution in [2.45, 2.75) is 32.8 Å². The average Bonchev–Trinajstić information content (AvgIpc) is 3.12. The molecule has 0 saturated heterocycles. The summed E-state index contributed by atoms with van der Waals surface area (Å²) in [6.07, 6.45) is 6.50. The zero-order chi connectivity index (χ0) is 35.4. The van der Waals surface area contributed by atoms with E-state index in [1.54, 1.807) is 36.8 Å². The number of aliphatic hydroxyl groups is 1. The first kappa shape index (κ1) is 33.6. The van der Waals surface area contributed by atoms with Crippen molar-refractivity contribution < 1.29 is 14.7 Å². The lowest BCUT2D eigenvalue weighted by atomic mass is 9.95. The Morgan fingerprint density at radius 1 is 0.780 bits per heavy atom. The Labute approximate surface area is 285 Å². The molecule has 0 aliphatic rings. The van der Waals surface area contributed by atoms with Crippen LogP contribution in [-0.4, -0.2) is 49.9 Å². The summed E-state index contributed by atoms with van der Waals surface area (Å²) in [6.45, 7) is 2.23. The molecule has 4 aromatic heterocycles. The number of nitrogens with two attached hydrogens (primary N) is 2. The molecule has 0 spiro atoms. The summed E-state index contributed by atoms with van der Waals surface area (Å²) in [6, 6.07) is 16.2. The number of para-hydroxylation sites is 1. The maximum atomic E-state index is 13.3. The van der Waals surface area contributed by atoms with Gasteiger partial charge in [-0.2, -0.15) is 0 Å². The molecule has 0 atom stereocenters. The van der Waals surface area contributed by atoms with E-state index in [9.17, 15) is 24.3 Å². The van der Waals surface area contributed by atoms with Crippen LogP contribution in [0.4, 0.5) is 11.4 Å². The van der Waals surface area contributed by atoms with Gasteiger partial charge in [-0.15, -0.1) is 0 Å². The number of aryl methyl sites for hydroxylation is 1. The van der Waals surface area contributed by atoms with E-state index in [2.05, 4.69) is 30.6 Å². The third-order valence-corrected chi connectivity index (χ3v) is 8.51.